The van der Waals surface area contributed by atoms with Crippen molar-refractivity contribution in [2.24, 2.45) is 0 Å². The maximum absolute atomic E-state index is 9.43. The van der Waals surface area contributed by atoms with Crippen LogP contribution in [-0.4, -0.2) is 79.3 Å². The molecule has 3 fully saturated rings. The summed E-state index contributed by atoms with van der Waals surface area (Å²) in [6.07, 6.45) is 6.00. The Balaban J connectivity index is 1.45. The number of nitrogens with zero attached hydrogens (tertiary/aromatic N) is 2. The molecule has 20 heavy (non-hydrogen) atoms. The summed E-state index contributed by atoms with van der Waals surface area (Å²) in [5.41, 5.74) is 0. The molecule has 0 aliphatic carbocycles. The van der Waals surface area contributed by atoms with Gasteiger partial charge in [0.05, 0.1) is 19.8 Å². The number of aliphatic hydroxyl groups is 1. The van der Waals surface area contributed by atoms with Gasteiger partial charge in [-0.2, -0.15) is 0 Å². The first-order valence-corrected chi connectivity index (χ1v) is 8.19. The van der Waals surface area contributed by atoms with E-state index in [1.54, 1.807) is 0 Å². The zero-order valence-electron chi connectivity index (χ0n) is 12.4. The maximum Gasteiger partial charge on any atom is 0.159 e. The van der Waals surface area contributed by atoms with Crippen molar-refractivity contribution in [3.63, 3.8) is 0 Å². The van der Waals surface area contributed by atoms with Crippen molar-refractivity contribution >= 4 is 0 Å². The second kappa shape index (κ2) is 7.18. The number of ether oxygens (including phenoxy) is 2. The van der Waals surface area contributed by atoms with Crippen molar-refractivity contribution < 1.29 is 14.6 Å². The molecule has 3 rings (SSSR count). The number of rotatable bonds is 6. The van der Waals surface area contributed by atoms with Gasteiger partial charge in [-0.25, -0.2) is 0 Å². The summed E-state index contributed by atoms with van der Waals surface area (Å²) in [4.78, 5) is 5.09. The molecule has 3 aliphatic heterocycles. The smallest absolute Gasteiger partial charge is 0.159 e. The van der Waals surface area contributed by atoms with Crippen molar-refractivity contribution in [3.8, 4) is 0 Å². The van der Waals surface area contributed by atoms with Crippen LogP contribution < -0.4 is 0 Å². The summed E-state index contributed by atoms with van der Waals surface area (Å²) in [7, 11) is 0. The van der Waals surface area contributed by atoms with Crippen LogP contribution in [0.3, 0.4) is 0 Å². The Morgan fingerprint density at radius 2 is 1.65 bits per heavy atom. The molecular formula is C15H28N2O3. The van der Waals surface area contributed by atoms with Crippen LogP contribution in [0.25, 0.3) is 0 Å². The molecule has 1 N–H and O–H groups in total. The second-order valence-corrected chi connectivity index (χ2v) is 6.27. The van der Waals surface area contributed by atoms with E-state index < -0.39 is 0 Å². The summed E-state index contributed by atoms with van der Waals surface area (Å²) in [5.74, 6) is 0. The number of hydrogen-bond acceptors (Lipinski definition) is 5. The Morgan fingerprint density at radius 1 is 0.950 bits per heavy atom. The van der Waals surface area contributed by atoms with E-state index in [9.17, 15) is 5.11 Å². The summed E-state index contributed by atoms with van der Waals surface area (Å²) >= 11 is 0. The standard InChI is InChI=1S/C15H28N2O3/c18-12-14-4-2-7-17(14)11-13-3-1-6-16(13)8-5-15-19-9-10-20-15/h13-15,18H,1-12H2/t13-,14-/m0/s1. The van der Waals surface area contributed by atoms with Gasteiger partial charge in [0.1, 0.15) is 0 Å². The minimum absolute atomic E-state index is 0.0215. The molecule has 0 unspecified atom stereocenters. The molecule has 0 amide bonds. The first-order chi connectivity index (χ1) is 9.86. The highest BCUT2D eigenvalue weighted by Gasteiger charge is 2.31. The lowest BCUT2D eigenvalue weighted by molar-refractivity contribution is -0.0525. The van der Waals surface area contributed by atoms with E-state index >= 15 is 0 Å². The Kier molecular flexibility index (Phi) is 5.29. The highest BCUT2D eigenvalue weighted by molar-refractivity contribution is 4.87. The zero-order valence-corrected chi connectivity index (χ0v) is 12.4. The highest BCUT2D eigenvalue weighted by Crippen LogP contribution is 2.24. The van der Waals surface area contributed by atoms with Gasteiger partial charge in [-0.3, -0.25) is 9.80 Å². The summed E-state index contributed by atoms with van der Waals surface area (Å²) in [6, 6.07) is 1.06. The van der Waals surface area contributed by atoms with E-state index in [4.69, 9.17) is 9.47 Å². The van der Waals surface area contributed by atoms with E-state index in [0.717, 1.165) is 45.7 Å². The zero-order chi connectivity index (χ0) is 13.8. The van der Waals surface area contributed by atoms with E-state index in [-0.39, 0.29) is 6.29 Å². The summed E-state index contributed by atoms with van der Waals surface area (Å²) in [5, 5.41) is 9.43. The molecule has 0 saturated carbocycles. The van der Waals surface area contributed by atoms with Gasteiger partial charge >= 0.3 is 0 Å². The van der Waals surface area contributed by atoms with Crippen molar-refractivity contribution in [3.05, 3.63) is 0 Å². The van der Waals surface area contributed by atoms with Gasteiger partial charge in [-0.1, -0.05) is 0 Å². The molecule has 0 bridgehead atoms. The molecule has 5 nitrogen and oxygen atoms in total. The van der Waals surface area contributed by atoms with Gasteiger partial charge in [-0.05, 0) is 38.8 Å². The SMILES string of the molecule is OC[C@@H]1CCCN1C[C@@H]1CCCN1CCC1OCCO1. The van der Waals surface area contributed by atoms with Crippen LogP contribution >= 0.6 is 0 Å². The molecule has 3 aliphatic rings. The minimum atomic E-state index is 0.0215. The fourth-order valence-electron chi connectivity index (χ4n) is 3.85. The predicted octanol–water partition coefficient (Wildman–Crippen LogP) is 0.671. The molecule has 5 heteroatoms. The van der Waals surface area contributed by atoms with Gasteiger partial charge in [-0.15, -0.1) is 0 Å². The summed E-state index contributed by atoms with van der Waals surface area (Å²) in [6.45, 7) is 6.38. The van der Waals surface area contributed by atoms with Gasteiger partial charge in [0.15, 0.2) is 6.29 Å². The lowest BCUT2D eigenvalue weighted by Gasteiger charge is -2.31. The van der Waals surface area contributed by atoms with Crippen LogP contribution in [0.5, 0.6) is 0 Å². The third-order valence-electron chi connectivity index (χ3n) is 5.00. The van der Waals surface area contributed by atoms with Crippen LogP contribution in [0.1, 0.15) is 32.1 Å². The van der Waals surface area contributed by atoms with Crippen LogP contribution in [0.4, 0.5) is 0 Å². The van der Waals surface area contributed by atoms with Gasteiger partial charge in [0.25, 0.3) is 0 Å². The molecule has 3 heterocycles. The normalized spacial score (nSPS) is 33.5. The Hall–Kier alpha value is -0.200. The number of likely N-dealkylation sites (tertiary alicyclic amines) is 2. The third kappa shape index (κ3) is 3.52. The lowest BCUT2D eigenvalue weighted by atomic mass is 10.2. The van der Waals surface area contributed by atoms with Crippen LogP contribution in [0.2, 0.25) is 0 Å². The molecule has 2 atom stereocenters. The minimum Gasteiger partial charge on any atom is -0.395 e. The fourth-order valence-corrected chi connectivity index (χ4v) is 3.85. The topological polar surface area (TPSA) is 45.2 Å². The van der Waals surface area contributed by atoms with Crippen molar-refractivity contribution in [1.82, 2.24) is 9.80 Å². The molecule has 0 aromatic heterocycles. The molecule has 0 spiro atoms. The second-order valence-electron chi connectivity index (χ2n) is 6.27. The van der Waals surface area contributed by atoms with Crippen LogP contribution in [-0.2, 0) is 9.47 Å². The highest BCUT2D eigenvalue weighted by atomic mass is 16.7. The van der Waals surface area contributed by atoms with E-state index in [0.29, 0.717) is 18.7 Å². The first-order valence-electron chi connectivity index (χ1n) is 8.19. The van der Waals surface area contributed by atoms with Crippen LogP contribution in [0, 0.1) is 0 Å². The Labute approximate surface area is 121 Å². The molecule has 0 radical (unpaired) electrons. The average molecular weight is 284 g/mol. The van der Waals surface area contributed by atoms with Crippen molar-refractivity contribution in [2.45, 2.75) is 50.5 Å². The monoisotopic (exact) mass is 284 g/mol. The Morgan fingerprint density at radius 3 is 2.40 bits per heavy atom. The largest absolute Gasteiger partial charge is 0.395 e. The quantitative estimate of drug-likeness (QED) is 0.777. The van der Waals surface area contributed by atoms with Crippen molar-refractivity contribution in [2.75, 3.05) is 46.0 Å². The van der Waals surface area contributed by atoms with Gasteiger partial charge < -0.3 is 14.6 Å². The Bertz CT molecular complexity index is 297. The predicted molar refractivity (Wildman–Crippen MR) is 76.6 cm³/mol. The summed E-state index contributed by atoms with van der Waals surface area (Å²) < 4.78 is 11.0. The molecule has 0 aromatic carbocycles. The molecular weight excluding hydrogens is 256 g/mol. The number of hydrogen-bond donors (Lipinski definition) is 1. The van der Waals surface area contributed by atoms with E-state index in [1.165, 1.54) is 25.8 Å². The molecule has 116 valence electrons. The van der Waals surface area contributed by atoms with Crippen LogP contribution in [0.15, 0.2) is 0 Å². The van der Waals surface area contributed by atoms with Gasteiger partial charge in [0.2, 0.25) is 0 Å². The fraction of sp³-hybridized carbons (Fsp3) is 1.00. The lowest BCUT2D eigenvalue weighted by Crippen LogP contribution is -2.44. The van der Waals surface area contributed by atoms with Gasteiger partial charge in [0, 0.05) is 31.6 Å². The molecule has 0 aromatic rings. The number of aliphatic hydroxyl groups excluding tert-OH is 1. The van der Waals surface area contributed by atoms with E-state index in [2.05, 4.69) is 9.80 Å². The maximum atomic E-state index is 9.43. The van der Waals surface area contributed by atoms with E-state index in [1.807, 2.05) is 0 Å². The molecule has 3 saturated heterocycles. The average Bonchev–Trinajstić information content (AvgIpc) is 3.19. The third-order valence-corrected chi connectivity index (χ3v) is 5.00. The first kappa shape index (κ1) is 14.7. The van der Waals surface area contributed by atoms with Crippen molar-refractivity contribution in [1.29, 1.82) is 0 Å².